The minimum absolute atomic E-state index is 0.225. The number of aliphatic imine (C=N–C) groups is 1. The SMILES string of the molecule is C=C(NC1=NC(c2ccccc2)Nc2ccccc21)c1cc(F)cc(F)c1NCCC. The molecule has 31 heavy (non-hydrogen) atoms. The van der Waals surface area contributed by atoms with Gasteiger partial charge in [-0.3, -0.25) is 0 Å². The number of amidine groups is 1. The minimum Gasteiger partial charge on any atom is -0.382 e. The molecule has 0 bridgehead atoms. The fourth-order valence-corrected chi connectivity index (χ4v) is 3.54. The predicted molar refractivity (Wildman–Crippen MR) is 123 cm³/mol. The van der Waals surface area contributed by atoms with E-state index in [9.17, 15) is 8.78 Å². The molecule has 3 N–H and O–H groups in total. The quantitative estimate of drug-likeness (QED) is 0.466. The summed E-state index contributed by atoms with van der Waals surface area (Å²) < 4.78 is 28.5. The van der Waals surface area contributed by atoms with Crippen molar-refractivity contribution in [1.29, 1.82) is 0 Å². The van der Waals surface area contributed by atoms with Gasteiger partial charge in [0, 0.05) is 35.1 Å². The zero-order chi connectivity index (χ0) is 21.8. The Kier molecular flexibility index (Phi) is 5.98. The predicted octanol–water partition coefficient (Wildman–Crippen LogP) is 5.92. The molecule has 4 rings (SSSR count). The van der Waals surface area contributed by atoms with Gasteiger partial charge in [0.25, 0.3) is 0 Å². The molecular weight excluding hydrogens is 394 g/mol. The number of rotatable bonds is 6. The summed E-state index contributed by atoms with van der Waals surface area (Å²) in [6.07, 6.45) is 0.508. The monoisotopic (exact) mass is 418 g/mol. The molecule has 1 aliphatic rings. The first-order valence-electron chi connectivity index (χ1n) is 10.2. The highest BCUT2D eigenvalue weighted by molar-refractivity contribution is 6.08. The van der Waals surface area contributed by atoms with E-state index in [0.29, 0.717) is 23.6 Å². The van der Waals surface area contributed by atoms with E-state index in [2.05, 4.69) is 22.5 Å². The van der Waals surface area contributed by atoms with Gasteiger partial charge >= 0.3 is 0 Å². The molecule has 1 atom stereocenters. The fourth-order valence-electron chi connectivity index (χ4n) is 3.54. The van der Waals surface area contributed by atoms with Crippen LogP contribution in [-0.2, 0) is 0 Å². The average molecular weight is 418 g/mol. The molecule has 1 unspecified atom stereocenters. The van der Waals surface area contributed by atoms with Gasteiger partial charge < -0.3 is 16.0 Å². The summed E-state index contributed by atoms with van der Waals surface area (Å²) in [6, 6.07) is 19.8. The Morgan fingerprint density at radius 1 is 1.06 bits per heavy atom. The van der Waals surface area contributed by atoms with Crippen LogP contribution in [0, 0.1) is 11.6 Å². The highest BCUT2D eigenvalue weighted by Gasteiger charge is 2.23. The van der Waals surface area contributed by atoms with Gasteiger partial charge in [-0.1, -0.05) is 56.0 Å². The first-order valence-corrected chi connectivity index (χ1v) is 10.2. The summed E-state index contributed by atoms with van der Waals surface area (Å²) in [7, 11) is 0. The zero-order valence-corrected chi connectivity index (χ0v) is 17.3. The molecule has 3 aromatic rings. The number of halogens is 2. The van der Waals surface area contributed by atoms with Crippen molar-refractivity contribution in [2.45, 2.75) is 19.5 Å². The largest absolute Gasteiger partial charge is 0.382 e. The van der Waals surface area contributed by atoms with Crippen LogP contribution >= 0.6 is 0 Å². The maximum atomic E-state index is 14.5. The summed E-state index contributed by atoms with van der Waals surface area (Å²) >= 11 is 0. The Balaban J connectivity index is 1.70. The van der Waals surface area contributed by atoms with Crippen LogP contribution in [0.4, 0.5) is 20.2 Å². The second-order valence-corrected chi connectivity index (χ2v) is 7.32. The fraction of sp³-hybridized carbons (Fsp3) is 0.160. The summed E-state index contributed by atoms with van der Waals surface area (Å²) in [5.41, 5.74) is 3.69. The van der Waals surface area contributed by atoms with Crippen LogP contribution in [0.3, 0.4) is 0 Å². The van der Waals surface area contributed by atoms with Gasteiger partial charge in [-0.05, 0) is 30.2 Å². The van der Waals surface area contributed by atoms with E-state index >= 15 is 0 Å². The molecule has 0 spiro atoms. The number of nitrogens with one attached hydrogen (secondary N) is 3. The molecule has 0 aromatic heterocycles. The molecule has 6 heteroatoms. The lowest BCUT2D eigenvalue weighted by molar-refractivity contribution is 0.584. The second kappa shape index (κ2) is 9.00. The van der Waals surface area contributed by atoms with Gasteiger partial charge in [-0.15, -0.1) is 0 Å². The topological polar surface area (TPSA) is 48.5 Å². The van der Waals surface area contributed by atoms with Crippen LogP contribution in [0.15, 0.2) is 78.3 Å². The number of hydrogen-bond acceptors (Lipinski definition) is 4. The lowest BCUT2D eigenvalue weighted by atomic mass is 10.0. The molecule has 1 aliphatic heterocycles. The normalized spacial score (nSPS) is 14.8. The van der Waals surface area contributed by atoms with Crippen LogP contribution in [0.2, 0.25) is 0 Å². The van der Waals surface area contributed by atoms with E-state index in [0.717, 1.165) is 29.3 Å². The van der Waals surface area contributed by atoms with Gasteiger partial charge in [-0.2, -0.15) is 0 Å². The molecule has 0 aliphatic carbocycles. The van der Waals surface area contributed by atoms with Crippen LogP contribution in [0.25, 0.3) is 5.70 Å². The number of fused-ring (bicyclic) bond motifs is 1. The van der Waals surface area contributed by atoms with E-state index in [1.165, 1.54) is 6.07 Å². The van der Waals surface area contributed by atoms with Gasteiger partial charge in [0.1, 0.15) is 23.6 Å². The first-order chi connectivity index (χ1) is 15.1. The lowest BCUT2D eigenvalue weighted by Crippen LogP contribution is -2.30. The molecule has 158 valence electrons. The Morgan fingerprint density at radius 3 is 2.58 bits per heavy atom. The number of hydrogen-bond donors (Lipinski definition) is 3. The van der Waals surface area contributed by atoms with Crippen LogP contribution in [0.5, 0.6) is 0 Å². The van der Waals surface area contributed by atoms with Crippen molar-refractivity contribution in [3.05, 3.63) is 102 Å². The second-order valence-electron chi connectivity index (χ2n) is 7.32. The molecule has 4 nitrogen and oxygen atoms in total. The van der Waals surface area contributed by atoms with Crippen LogP contribution < -0.4 is 16.0 Å². The molecule has 1 heterocycles. The third-order valence-electron chi connectivity index (χ3n) is 5.05. The molecular formula is C25H24F2N4. The maximum Gasteiger partial charge on any atom is 0.149 e. The molecule has 0 radical (unpaired) electrons. The molecule has 0 saturated heterocycles. The summed E-state index contributed by atoms with van der Waals surface area (Å²) in [5.74, 6) is -0.729. The smallest absolute Gasteiger partial charge is 0.149 e. The zero-order valence-electron chi connectivity index (χ0n) is 17.3. The highest BCUT2D eigenvalue weighted by atomic mass is 19.1. The van der Waals surface area contributed by atoms with E-state index in [1.54, 1.807) is 0 Å². The van der Waals surface area contributed by atoms with Gasteiger partial charge in [0.2, 0.25) is 0 Å². The Labute approximate surface area is 180 Å². The van der Waals surface area contributed by atoms with Crippen LogP contribution in [-0.4, -0.2) is 12.4 Å². The van der Waals surface area contributed by atoms with Gasteiger partial charge in [-0.25, -0.2) is 13.8 Å². The minimum atomic E-state index is -0.660. The number of benzene rings is 3. The third kappa shape index (κ3) is 4.43. The summed E-state index contributed by atoms with van der Waals surface area (Å²) in [5, 5.41) is 9.66. The molecule has 0 saturated carbocycles. The van der Waals surface area contributed by atoms with E-state index in [1.807, 2.05) is 61.5 Å². The van der Waals surface area contributed by atoms with E-state index in [4.69, 9.17) is 4.99 Å². The van der Waals surface area contributed by atoms with Gasteiger partial charge in [0.15, 0.2) is 0 Å². The number of para-hydroxylation sites is 1. The van der Waals surface area contributed by atoms with E-state index < -0.39 is 11.6 Å². The van der Waals surface area contributed by atoms with Crippen LogP contribution in [0.1, 0.15) is 36.2 Å². The molecule has 3 aromatic carbocycles. The van der Waals surface area contributed by atoms with Gasteiger partial charge in [0.05, 0.1) is 5.69 Å². The summed E-state index contributed by atoms with van der Waals surface area (Å²) in [6.45, 7) is 6.59. The Bertz CT molecular complexity index is 1130. The van der Waals surface area contributed by atoms with Crippen molar-refractivity contribution in [3.63, 3.8) is 0 Å². The summed E-state index contributed by atoms with van der Waals surface area (Å²) in [4.78, 5) is 4.82. The van der Waals surface area contributed by atoms with Crippen molar-refractivity contribution in [1.82, 2.24) is 5.32 Å². The van der Waals surface area contributed by atoms with Crippen molar-refractivity contribution in [3.8, 4) is 0 Å². The Hall–Kier alpha value is -3.67. The maximum absolute atomic E-state index is 14.5. The van der Waals surface area contributed by atoms with Crippen molar-refractivity contribution >= 4 is 22.9 Å². The molecule has 0 amide bonds. The standard InChI is InChI=1S/C25H24F2N4/c1-3-13-28-23-20(14-18(26)15-21(23)27)16(2)29-25-19-11-7-8-12-22(19)30-24(31-25)17-9-5-4-6-10-17/h4-12,14-15,24,28,30H,2-3,13H2,1H3,(H,29,31). The third-order valence-corrected chi connectivity index (χ3v) is 5.05. The van der Waals surface area contributed by atoms with Crippen molar-refractivity contribution in [2.24, 2.45) is 4.99 Å². The molecule has 0 fully saturated rings. The number of nitrogens with zero attached hydrogens (tertiary/aromatic N) is 1. The lowest BCUT2D eigenvalue weighted by Gasteiger charge is -2.27. The average Bonchev–Trinajstić information content (AvgIpc) is 2.78. The Morgan fingerprint density at radius 2 is 1.81 bits per heavy atom. The van der Waals surface area contributed by atoms with Crippen molar-refractivity contribution < 1.29 is 8.78 Å². The van der Waals surface area contributed by atoms with E-state index in [-0.39, 0.29) is 11.9 Å². The number of anilines is 2. The highest BCUT2D eigenvalue weighted by Crippen LogP contribution is 2.31. The first kappa shape index (κ1) is 20.6. The van der Waals surface area contributed by atoms with Crippen molar-refractivity contribution in [2.75, 3.05) is 17.2 Å².